The predicted octanol–water partition coefficient (Wildman–Crippen LogP) is 2.87. The molecule has 1 aliphatic rings. The summed E-state index contributed by atoms with van der Waals surface area (Å²) in [6, 6.07) is 0.415. The van der Waals surface area contributed by atoms with Crippen LogP contribution in [-0.4, -0.2) is 30.6 Å². The van der Waals surface area contributed by atoms with E-state index < -0.39 is 0 Å². The van der Waals surface area contributed by atoms with E-state index in [9.17, 15) is 0 Å². The van der Waals surface area contributed by atoms with E-state index in [1.54, 1.807) is 0 Å². The number of hydrogen-bond acceptors (Lipinski definition) is 2. The first-order valence-corrected chi connectivity index (χ1v) is 6.91. The van der Waals surface area contributed by atoms with Crippen LogP contribution in [0, 0.1) is 11.3 Å². The molecule has 0 saturated carbocycles. The molecular formula is C14H30N2. The van der Waals surface area contributed by atoms with Crippen LogP contribution >= 0.6 is 0 Å². The Kier molecular flexibility index (Phi) is 5.26. The summed E-state index contributed by atoms with van der Waals surface area (Å²) in [5.74, 6) is 0.870. The molecule has 0 amide bonds. The lowest BCUT2D eigenvalue weighted by atomic mass is 9.80. The Labute approximate surface area is 102 Å². The van der Waals surface area contributed by atoms with Gasteiger partial charge < -0.3 is 10.6 Å². The van der Waals surface area contributed by atoms with Crippen LogP contribution in [0.3, 0.4) is 0 Å². The van der Waals surface area contributed by atoms with Crippen LogP contribution in [0.15, 0.2) is 0 Å². The van der Waals surface area contributed by atoms with Gasteiger partial charge in [0.25, 0.3) is 0 Å². The smallest absolute Gasteiger partial charge is 0.00509 e. The first-order chi connectivity index (χ1) is 7.43. The minimum Gasteiger partial charge on any atom is -0.328 e. The SMILES string of the molecule is CCCC(N)CCN1CCC(C(C)(C)C)C1. The topological polar surface area (TPSA) is 29.3 Å². The third-order valence-corrected chi connectivity index (χ3v) is 3.97. The van der Waals surface area contributed by atoms with Crippen LogP contribution in [-0.2, 0) is 0 Å². The minimum atomic E-state index is 0.415. The van der Waals surface area contributed by atoms with Gasteiger partial charge in [-0.2, -0.15) is 0 Å². The Morgan fingerprint density at radius 2 is 2.00 bits per heavy atom. The Morgan fingerprint density at radius 1 is 1.31 bits per heavy atom. The number of rotatable bonds is 5. The van der Waals surface area contributed by atoms with Crippen molar-refractivity contribution in [2.75, 3.05) is 19.6 Å². The van der Waals surface area contributed by atoms with E-state index in [4.69, 9.17) is 5.73 Å². The number of hydrogen-bond donors (Lipinski definition) is 1. The summed E-state index contributed by atoms with van der Waals surface area (Å²) in [6.07, 6.45) is 4.93. The van der Waals surface area contributed by atoms with Crippen molar-refractivity contribution < 1.29 is 0 Å². The van der Waals surface area contributed by atoms with Crippen molar-refractivity contribution >= 4 is 0 Å². The number of likely N-dealkylation sites (tertiary alicyclic amines) is 1. The molecule has 1 rings (SSSR count). The maximum Gasteiger partial charge on any atom is 0.00509 e. The van der Waals surface area contributed by atoms with E-state index in [0.29, 0.717) is 11.5 Å². The summed E-state index contributed by atoms with van der Waals surface area (Å²) >= 11 is 0. The van der Waals surface area contributed by atoms with Gasteiger partial charge in [-0.3, -0.25) is 0 Å². The largest absolute Gasteiger partial charge is 0.328 e. The second-order valence-corrected chi connectivity index (χ2v) is 6.49. The minimum absolute atomic E-state index is 0.415. The molecule has 2 unspecified atom stereocenters. The average Bonchev–Trinajstić information content (AvgIpc) is 2.63. The molecule has 2 N–H and O–H groups in total. The van der Waals surface area contributed by atoms with E-state index >= 15 is 0 Å². The van der Waals surface area contributed by atoms with Crippen molar-refractivity contribution in [1.82, 2.24) is 4.90 Å². The van der Waals surface area contributed by atoms with Gasteiger partial charge in [0.05, 0.1) is 0 Å². The molecule has 0 spiro atoms. The fourth-order valence-electron chi connectivity index (χ4n) is 2.61. The van der Waals surface area contributed by atoms with Crippen molar-refractivity contribution in [3.63, 3.8) is 0 Å². The van der Waals surface area contributed by atoms with Gasteiger partial charge in [0.2, 0.25) is 0 Å². The van der Waals surface area contributed by atoms with E-state index in [1.807, 2.05) is 0 Å². The van der Waals surface area contributed by atoms with E-state index in [1.165, 1.54) is 45.3 Å². The summed E-state index contributed by atoms with van der Waals surface area (Å²) in [7, 11) is 0. The molecule has 0 bridgehead atoms. The van der Waals surface area contributed by atoms with E-state index in [0.717, 1.165) is 5.92 Å². The maximum atomic E-state index is 6.06. The zero-order valence-electron chi connectivity index (χ0n) is 11.6. The molecule has 2 heteroatoms. The highest BCUT2D eigenvalue weighted by molar-refractivity contribution is 4.84. The molecule has 0 aromatic rings. The molecule has 96 valence electrons. The summed E-state index contributed by atoms with van der Waals surface area (Å²) in [4.78, 5) is 2.60. The van der Waals surface area contributed by atoms with Crippen molar-refractivity contribution in [2.24, 2.45) is 17.1 Å². The predicted molar refractivity (Wildman–Crippen MR) is 71.5 cm³/mol. The first kappa shape index (κ1) is 14.0. The fourth-order valence-corrected chi connectivity index (χ4v) is 2.61. The summed E-state index contributed by atoms with van der Waals surface area (Å²) < 4.78 is 0. The quantitative estimate of drug-likeness (QED) is 0.781. The van der Waals surface area contributed by atoms with E-state index in [2.05, 4.69) is 32.6 Å². The molecule has 1 saturated heterocycles. The van der Waals surface area contributed by atoms with Gasteiger partial charge in [0, 0.05) is 12.6 Å². The lowest BCUT2D eigenvalue weighted by Gasteiger charge is -2.27. The van der Waals surface area contributed by atoms with Crippen molar-refractivity contribution in [1.29, 1.82) is 0 Å². The van der Waals surface area contributed by atoms with Crippen LogP contribution < -0.4 is 5.73 Å². The fraction of sp³-hybridized carbons (Fsp3) is 1.00. The highest BCUT2D eigenvalue weighted by Gasteiger charge is 2.31. The molecule has 0 aromatic carbocycles. The molecule has 1 aliphatic heterocycles. The Hall–Kier alpha value is -0.0800. The van der Waals surface area contributed by atoms with Crippen molar-refractivity contribution in [3.8, 4) is 0 Å². The van der Waals surface area contributed by atoms with Gasteiger partial charge >= 0.3 is 0 Å². The maximum absolute atomic E-state index is 6.06. The first-order valence-electron chi connectivity index (χ1n) is 6.91. The molecule has 2 nitrogen and oxygen atoms in total. The third-order valence-electron chi connectivity index (χ3n) is 3.97. The molecule has 1 heterocycles. The lowest BCUT2D eigenvalue weighted by molar-refractivity contribution is 0.226. The zero-order chi connectivity index (χ0) is 12.2. The zero-order valence-corrected chi connectivity index (χ0v) is 11.6. The molecule has 2 atom stereocenters. The van der Waals surface area contributed by atoms with Crippen LogP contribution in [0.1, 0.15) is 53.4 Å². The average molecular weight is 226 g/mol. The van der Waals surface area contributed by atoms with Crippen molar-refractivity contribution in [3.05, 3.63) is 0 Å². The molecule has 0 aliphatic carbocycles. The van der Waals surface area contributed by atoms with Gasteiger partial charge in [-0.05, 0) is 43.7 Å². The lowest BCUT2D eigenvalue weighted by Crippen LogP contribution is -2.30. The Morgan fingerprint density at radius 3 is 2.50 bits per heavy atom. The van der Waals surface area contributed by atoms with Gasteiger partial charge in [0.1, 0.15) is 0 Å². The molecule has 16 heavy (non-hydrogen) atoms. The highest BCUT2D eigenvalue weighted by Crippen LogP contribution is 2.33. The van der Waals surface area contributed by atoms with Gasteiger partial charge in [-0.15, -0.1) is 0 Å². The highest BCUT2D eigenvalue weighted by atomic mass is 15.1. The van der Waals surface area contributed by atoms with E-state index in [-0.39, 0.29) is 0 Å². The van der Waals surface area contributed by atoms with Crippen LogP contribution in [0.4, 0.5) is 0 Å². The number of nitrogens with two attached hydrogens (primary N) is 1. The Bertz CT molecular complexity index is 195. The standard InChI is InChI=1S/C14H30N2/c1-5-6-13(15)8-10-16-9-7-12(11-16)14(2,3)4/h12-13H,5-11,15H2,1-4H3. The second-order valence-electron chi connectivity index (χ2n) is 6.49. The summed E-state index contributed by atoms with van der Waals surface area (Å²) in [6.45, 7) is 13.1. The monoisotopic (exact) mass is 226 g/mol. The van der Waals surface area contributed by atoms with Gasteiger partial charge in [0.15, 0.2) is 0 Å². The summed E-state index contributed by atoms with van der Waals surface area (Å²) in [5.41, 5.74) is 6.53. The van der Waals surface area contributed by atoms with Gasteiger partial charge in [-0.1, -0.05) is 34.1 Å². The normalized spacial score (nSPS) is 24.9. The van der Waals surface area contributed by atoms with Crippen LogP contribution in [0.2, 0.25) is 0 Å². The molecule has 0 radical (unpaired) electrons. The Balaban J connectivity index is 2.22. The number of nitrogens with zero attached hydrogens (tertiary/aromatic N) is 1. The van der Waals surface area contributed by atoms with Crippen LogP contribution in [0.25, 0.3) is 0 Å². The summed E-state index contributed by atoms with van der Waals surface area (Å²) in [5, 5.41) is 0. The third kappa shape index (κ3) is 4.42. The molecule has 1 fully saturated rings. The van der Waals surface area contributed by atoms with Crippen LogP contribution in [0.5, 0.6) is 0 Å². The molecule has 0 aromatic heterocycles. The second kappa shape index (κ2) is 6.02. The van der Waals surface area contributed by atoms with Crippen molar-refractivity contribution in [2.45, 2.75) is 59.4 Å². The van der Waals surface area contributed by atoms with Gasteiger partial charge in [-0.25, -0.2) is 0 Å². The molecular weight excluding hydrogens is 196 g/mol.